The fraction of sp³-hybridized carbons (Fsp3) is 0.500. The number of guanidine groups is 1. The van der Waals surface area contributed by atoms with Crippen molar-refractivity contribution >= 4 is 5.96 Å². The van der Waals surface area contributed by atoms with Crippen LogP contribution in [0.25, 0.3) is 0 Å². The van der Waals surface area contributed by atoms with Crippen LogP contribution in [0.2, 0.25) is 0 Å². The fourth-order valence-corrected chi connectivity index (χ4v) is 2.30. The molecule has 0 atom stereocenters. The average molecular weight is 249 g/mol. The van der Waals surface area contributed by atoms with E-state index in [9.17, 15) is 4.39 Å². The van der Waals surface area contributed by atoms with E-state index in [-0.39, 0.29) is 12.4 Å². The van der Waals surface area contributed by atoms with Crippen LogP contribution in [0.1, 0.15) is 37.7 Å². The van der Waals surface area contributed by atoms with Crippen molar-refractivity contribution in [3.8, 4) is 0 Å². The number of aliphatic imine (C=N–C) groups is 1. The zero-order chi connectivity index (χ0) is 12.8. The Kier molecular flexibility index (Phi) is 4.56. The molecule has 0 aromatic heterocycles. The molecule has 0 amide bonds. The number of hydrogen-bond acceptors (Lipinski definition) is 1. The zero-order valence-electron chi connectivity index (χ0n) is 10.5. The Morgan fingerprint density at radius 1 is 1.28 bits per heavy atom. The van der Waals surface area contributed by atoms with Crippen molar-refractivity contribution in [3.63, 3.8) is 0 Å². The third-order valence-electron chi connectivity index (χ3n) is 3.33. The molecule has 1 aromatic rings. The number of nitrogens with zero attached hydrogens (tertiary/aromatic N) is 1. The van der Waals surface area contributed by atoms with E-state index in [1.165, 1.54) is 25.3 Å². The maximum absolute atomic E-state index is 13.4. The van der Waals surface area contributed by atoms with E-state index in [0.29, 0.717) is 17.6 Å². The molecule has 18 heavy (non-hydrogen) atoms. The summed E-state index contributed by atoms with van der Waals surface area (Å²) in [5, 5.41) is 3.21. The van der Waals surface area contributed by atoms with Crippen LogP contribution < -0.4 is 11.1 Å². The molecular formula is C14H20FN3. The lowest BCUT2D eigenvalue weighted by atomic mass is 9.96. The van der Waals surface area contributed by atoms with Crippen molar-refractivity contribution < 1.29 is 4.39 Å². The lowest BCUT2D eigenvalue weighted by molar-refractivity contribution is 0.412. The Hall–Kier alpha value is -1.58. The van der Waals surface area contributed by atoms with Gasteiger partial charge in [0.25, 0.3) is 0 Å². The van der Waals surface area contributed by atoms with Crippen LogP contribution in [0, 0.1) is 5.82 Å². The van der Waals surface area contributed by atoms with Crippen LogP contribution in [0.15, 0.2) is 29.3 Å². The van der Waals surface area contributed by atoms with Crippen molar-refractivity contribution in [2.45, 2.75) is 44.7 Å². The molecule has 0 saturated heterocycles. The quantitative estimate of drug-likeness (QED) is 0.639. The smallest absolute Gasteiger partial charge is 0.189 e. The van der Waals surface area contributed by atoms with E-state index in [4.69, 9.17) is 5.73 Å². The largest absolute Gasteiger partial charge is 0.370 e. The lowest BCUT2D eigenvalue weighted by Crippen LogP contribution is -2.41. The molecule has 1 aliphatic rings. The van der Waals surface area contributed by atoms with E-state index in [1.807, 2.05) is 0 Å². The van der Waals surface area contributed by atoms with Crippen molar-refractivity contribution in [1.82, 2.24) is 5.32 Å². The van der Waals surface area contributed by atoms with Gasteiger partial charge in [0.15, 0.2) is 5.96 Å². The molecule has 0 aliphatic heterocycles. The predicted octanol–water partition coefficient (Wildman–Crippen LogP) is 2.56. The summed E-state index contributed by atoms with van der Waals surface area (Å²) in [6.45, 7) is 0.290. The topological polar surface area (TPSA) is 50.4 Å². The van der Waals surface area contributed by atoms with Gasteiger partial charge in [-0.1, -0.05) is 37.5 Å². The Morgan fingerprint density at radius 2 is 2.00 bits per heavy atom. The molecule has 0 unspecified atom stereocenters. The summed E-state index contributed by atoms with van der Waals surface area (Å²) in [5.74, 6) is 0.192. The molecule has 0 bridgehead atoms. The van der Waals surface area contributed by atoms with Gasteiger partial charge in [-0.2, -0.15) is 0 Å². The van der Waals surface area contributed by atoms with Gasteiger partial charge in [-0.25, -0.2) is 9.38 Å². The Labute approximate surface area is 107 Å². The van der Waals surface area contributed by atoms with Crippen molar-refractivity contribution in [3.05, 3.63) is 35.6 Å². The van der Waals surface area contributed by atoms with E-state index in [1.54, 1.807) is 18.2 Å². The summed E-state index contributed by atoms with van der Waals surface area (Å²) in [4.78, 5) is 4.19. The molecular weight excluding hydrogens is 229 g/mol. The first kappa shape index (κ1) is 12.9. The molecule has 1 saturated carbocycles. The van der Waals surface area contributed by atoms with Gasteiger partial charge in [-0.05, 0) is 18.9 Å². The minimum Gasteiger partial charge on any atom is -0.370 e. The van der Waals surface area contributed by atoms with Gasteiger partial charge >= 0.3 is 0 Å². The van der Waals surface area contributed by atoms with E-state index in [2.05, 4.69) is 10.3 Å². The second-order valence-electron chi connectivity index (χ2n) is 4.77. The van der Waals surface area contributed by atoms with Gasteiger partial charge in [0.2, 0.25) is 0 Å². The Bertz CT molecular complexity index is 411. The highest BCUT2D eigenvalue weighted by Gasteiger charge is 2.13. The molecule has 3 N–H and O–H groups in total. The van der Waals surface area contributed by atoms with Crippen LogP contribution in [0.4, 0.5) is 4.39 Å². The molecule has 1 aliphatic carbocycles. The summed E-state index contributed by atoms with van der Waals surface area (Å²) in [5.41, 5.74) is 6.39. The second kappa shape index (κ2) is 6.38. The Morgan fingerprint density at radius 3 is 2.72 bits per heavy atom. The van der Waals surface area contributed by atoms with Crippen LogP contribution in [0.3, 0.4) is 0 Å². The third kappa shape index (κ3) is 3.72. The standard InChI is InChI=1S/C14H20FN3/c15-13-9-5-4-6-11(13)10-17-14(16)18-12-7-2-1-3-8-12/h4-6,9,12H,1-3,7-8,10H2,(H3,16,17,18). The molecule has 4 heteroatoms. The summed E-state index contributed by atoms with van der Waals surface area (Å²) in [6.07, 6.45) is 6.10. The zero-order valence-corrected chi connectivity index (χ0v) is 10.5. The summed E-state index contributed by atoms with van der Waals surface area (Å²) in [6, 6.07) is 7.08. The van der Waals surface area contributed by atoms with Crippen LogP contribution >= 0.6 is 0 Å². The third-order valence-corrected chi connectivity index (χ3v) is 3.33. The van der Waals surface area contributed by atoms with Crippen molar-refractivity contribution in [2.24, 2.45) is 10.7 Å². The molecule has 98 valence electrons. The number of hydrogen-bond donors (Lipinski definition) is 2. The molecule has 0 spiro atoms. The normalized spacial score (nSPS) is 17.7. The minimum atomic E-state index is -0.230. The van der Waals surface area contributed by atoms with Crippen molar-refractivity contribution in [1.29, 1.82) is 0 Å². The molecule has 3 nitrogen and oxygen atoms in total. The average Bonchev–Trinajstić information content (AvgIpc) is 2.39. The first-order valence-corrected chi connectivity index (χ1v) is 6.55. The summed E-state index contributed by atoms with van der Waals surface area (Å²) < 4.78 is 13.4. The highest BCUT2D eigenvalue weighted by Crippen LogP contribution is 2.17. The number of rotatable bonds is 3. The van der Waals surface area contributed by atoms with Gasteiger partial charge in [-0.3, -0.25) is 0 Å². The van der Waals surface area contributed by atoms with E-state index < -0.39 is 0 Å². The maximum atomic E-state index is 13.4. The van der Waals surface area contributed by atoms with Gasteiger partial charge < -0.3 is 11.1 Å². The first-order valence-electron chi connectivity index (χ1n) is 6.55. The second-order valence-corrected chi connectivity index (χ2v) is 4.77. The molecule has 1 aromatic carbocycles. The first-order chi connectivity index (χ1) is 8.75. The maximum Gasteiger partial charge on any atom is 0.189 e. The summed E-state index contributed by atoms with van der Waals surface area (Å²) in [7, 11) is 0. The van der Waals surface area contributed by atoms with Gasteiger partial charge in [-0.15, -0.1) is 0 Å². The molecule has 0 radical (unpaired) electrons. The fourth-order valence-electron chi connectivity index (χ4n) is 2.30. The van der Waals surface area contributed by atoms with E-state index in [0.717, 1.165) is 12.8 Å². The predicted molar refractivity (Wildman–Crippen MR) is 71.7 cm³/mol. The number of nitrogens with two attached hydrogens (primary N) is 1. The Balaban J connectivity index is 1.86. The van der Waals surface area contributed by atoms with Crippen LogP contribution in [0.5, 0.6) is 0 Å². The SMILES string of the molecule is NC(=NCc1ccccc1F)NC1CCCCC1. The molecule has 0 heterocycles. The molecule has 1 fully saturated rings. The number of halogens is 1. The van der Waals surface area contributed by atoms with Crippen molar-refractivity contribution in [2.75, 3.05) is 0 Å². The van der Waals surface area contributed by atoms with Gasteiger partial charge in [0.1, 0.15) is 5.82 Å². The van der Waals surface area contributed by atoms with Gasteiger partial charge in [0.05, 0.1) is 6.54 Å². The highest BCUT2D eigenvalue weighted by molar-refractivity contribution is 5.78. The molecule has 2 rings (SSSR count). The van der Waals surface area contributed by atoms with E-state index >= 15 is 0 Å². The van der Waals surface area contributed by atoms with Gasteiger partial charge in [0, 0.05) is 11.6 Å². The lowest BCUT2D eigenvalue weighted by Gasteiger charge is -2.23. The monoisotopic (exact) mass is 249 g/mol. The number of nitrogens with one attached hydrogen (secondary N) is 1. The van der Waals surface area contributed by atoms with Crippen LogP contribution in [-0.4, -0.2) is 12.0 Å². The minimum absolute atomic E-state index is 0.230. The summed E-state index contributed by atoms with van der Waals surface area (Å²) >= 11 is 0. The highest BCUT2D eigenvalue weighted by atomic mass is 19.1. The number of benzene rings is 1. The van der Waals surface area contributed by atoms with Crippen LogP contribution in [-0.2, 0) is 6.54 Å².